The van der Waals surface area contributed by atoms with Crippen molar-refractivity contribution in [3.8, 4) is 0 Å². The number of pyridine rings is 1. The average Bonchev–Trinajstić information content (AvgIpc) is 2.60. The van der Waals surface area contributed by atoms with E-state index in [-0.39, 0.29) is 11.7 Å². The van der Waals surface area contributed by atoms with Crippen molar-refractivity contribution in [1.29, 1.82) is 0 Å². The lowest BCUT2D eigenvalue weighted by atomic mass is 9.94. The second-order valence-corrected chi connectivity index (χ2v) is 7.14. The largest absolute Gasteiger partial charge is 0.467 e. The first-order valence-electron chi connectivity index (χ1n) is 8.35. The zero-order chi connectivity index (χ0) is 19.1. The van der Waals surface area contributed by atoms with Gasteiger partial charge >= 0.3 is 5.97 Å². The number of esters is 1. The lowest BCUT2D eigenvalue weighted by molar-refractivity contribution is -0.145. The van der Waals surface area contributed by atoms with Gasteiger partial charge in [0.2, 0.25) is 5.91 Å². The molecule has 2 aromatic rings. The molecular formula is C20H24N2O3S. The van der Waals surface area contributed by atoms with Crippen LogP contribution in [-0.4, -0.2) is 29.7 Å². The first-order valence-corrected chi connectivity index (χ1v) is 9.50. The quantitative estimate of drug-likeness (QED) is 0.756. The van der Waals surface area contributed by atoms with Crippen LogP contribution in [0.3, 0.4) is 0 Å². The van der Waals surface area contributed by atoms with Crippen molar-refractivity contribution in [2.45, 2.75) is 32.6 Å². The highest BCUT2D eigenvalue weighted by Gasteiger charge is 2.26. The summed E-state index contributed by atoms with van der Waals surface area (Å²) in [5.74, 6) is 0.206. The Labute approximate surface area is 158 Å². The molecule has 1 heterocycles. The highest BCUT2D eigenvalue weighted by atomic mass is 32.2. The SMILES string of the molecule is COC(=O)[C@H](NC(=O)CSCc1ccccn1)c1c(C)cc(C)cc1C. The number of methoxy groups -OCH3 is 1. The normalized spacial score (nSPS) is 11.7. The molecule has 1 N–H and O–H groups in total. The molecule has 0 saturated heterocycles. The Balaban J connectivity index is 2.06. The second kappa shape index (κ2) is 9.38. The van der Waals surface area contributed by atoms with Crippen molar-refractivity contribution in [2.75, 3.05) is 12.9 Å². The van der Waals surface area contributed by atoms with Crippen molar-refractivity contribution < 1.29 is 14.3 Å². The number of amides is 1. The molecule has 0 radical (unpaired) electrons. The summed E-state index contributed by atoms with van der Waals surface area (Å²) in [6.07, 6.45) is 1.73. The molecule has 1 amide bonds. The summed E-state index contributed by atoms with van der Waals surface area (Å²) in [5, 5.41) is 2.82. The topological polar surface area (TPSA) is 68.3 Å². The van der Waals surface area contributed by atoms with Gasteiger partial charge in [0.05, 0.1) is 18.6 Å². The Kier molecular flexibility index (Phi) is 7.21. The van der Waals surface area contributed by atoms with Crippen molar-refractivity contribution in [3.05, 3.63) is 64.5 Å². The van der Waals surface area contributed by atoms with E-state index in [1.54, 1.807) is 6.20 Å². The zero-order valence-electron chi connectivity index (χ0n) is 15.5. The first-order chi connectivity index (χ1) is 12.4. The van der Waals surface area contributed by atoms with Crippen LogP contribution in [0.15, 0.2) is 36.5 Å². The smallest absolute Gasteiger partial charge is 0.333 e. The maximum absolute atomic E-state index is 12.4. The Hall–Kier alpha value is -2.34. The monoisotopic (exact) mass is 372 g/mol. The predicted molar refractivity (Wildman–Crippen MR) is 104 cm³/mol. The number of aryl methyl sites for hydroxylation is 3. The van der Waals surface area contributed by atoms with E-state index in [4.69, 9.17) is 4.74 Å². The Morgan fingerprint density at radius 3 is 2.46 bits per heavy atom. The molecule has 1 aromatic heterocycles. The van der Waals surface area contributed by atoms with E-state index < -0.39 is 12.0 Å². The molecule has 0 aliphatic heterocycles. The van der Waals surface area contributed by atoms with Crippen LogP contribution in [0.5, 0.6) is 0 Å². The molecule has 1 atom stereocenters. The number of aromatic nitrogens is 1. The fourth-order valence-electron chi connectivity index (χ4n) is 2.95. The van der Waals surface area contributed by atoms with Crippen LogP contribution in [0.25, 0.3) is 0 Å². The number of ether oxygens (including phenoxy) is 1. The van der Waals surface area contributed by atoms with Gasteiger partial charge in [0.25, 0.3) is 0 Å². The van der Waals surface area contributed by atoms with Gasteiger partial charge in [-0.05, 0) is 49.6 Å². The van der Waals surface area contributed by atoms with Crippen LogP contribution in [0.1, 0.15) is 34.0 Å². The van der Waals surface area contributed by atoms with Gasteiger partial charge < -0.3 is 10.1 Å². The number of nitrogens with one attached hydrogen (secondary N) is 1. The second-order valence-electron chi connectivity index (χ2n) is 6.15. The minimum absolute atomic E-state index is 0.208. The fourth-order valence-corrected chi connectivity index (χ4v) is 3.70. The third kappa shape index (κ3) is 5.33. The summed E-state index contributed by atoms with van der Waals surface area (Å²) in [5.41, 5.74) is 4.74. The summed E-state index contributed by atoms with van der Waals surface area (Å²) in [7, 11) is 1.33. The Morgan fingerprint density at radius 1 is 1.19 bits per heavy atom. The van der Waals surface area contributed by atoms with Gasteiger partial charge in [0.15, 0.2) is 6.04 Å². The number of rotatable bonds is 7. The number of nitrogens with zero attached hydrogens (tertiary/aromatic N) is 1. The van der Waals surface area contributed by atoms with E-state index in [0.717, 1.165) is 27.9 Å². The van der Waals surface area contributed by atoms with Crippen LogP contribution < -0.4 is 5.32 Å². The molecule has 0 bridgehead atoms. The van der Waals surface area contributed by atoms with Gasteiger partial charge in [-0.1, -0.05) is 23.8 Å². The van der Waals surface area contributed by atoms with Crippen LogP contribution in [0, 0.1) is 20.8 Å². The van der Waals surface area contributed by atoms with Crippen molar-refractivity contribution in [2.24, 2.45) is 0 Å². The molecular weight excluding hydrogens is 348 g/mol. The predicted octanol–water partition coefficient (Wildman–Crippen LogP) is 3.27. The molecule has 0 saturated carbocycles. The third-order valence-corrected chi connectivity index (χ3v) is 4.94. The molecule has 2 rings (SSSR count). The highest BCUT2D eigenvalue weighted by molar-refractivity contribution is 7.99. The van der Waals surface area contributed by atoms with Crippen LogP contribution in [-0.2, 0) is 20.1 Å². The third-order valence-electron chi connectivity index (χ3n) is 3.98. The molecule has 0 unspecified atom stereocenters. The number of hydrogen-bond donors (Lipinski definition) is 1. The molecule has 0 fully saturated rings. The Bertz CT molecular complexity index is 755. The molecule has 138 valence electrons. The van der Waals surface area contributed by atoms with E-state index in [9.17, 15) is 9.59 Å². The average molecular weight is 372 g/mol. The van der Waals surface area contributed by atoms with Crippen LogP contribution in [0.4, 0.5) is 0 Å². The van der Waals surface area contributed by atoms with Crippen molar-refractivity contribution >= 4 is 23.6 Å². The molecule has 0 aliphatic rings. The lowest BCUT2D eigenvalue weighted by Gasteiger charge is -2.21. The van der Waals surface area contributed by atoms with E-state index >= 15 is 0 Å². The summed E-state index contributed by atoms with van der Waals surface area (Å²) in [6.45, 7) is 5.88. The van der Waals surface area contributed by atoms with Gasteiger partial charge in [-0.3, -0.25) is 9.78 Å². The molecule has 0 spiro atoms. The van der Waals surface area contributed by atoms with E-state index in [0.29, 0.717) is 5.75 Å². The number of benzene rings is 1. The fraction of sp³-hybridized carbons (Fsp3) is 0.350. The van der Waals surface area contributed by atoms with Gasteiger partial charge in [-0.25, -0.2) is 4.79 Å². The first kappa shape index (κ1) is 20.0. The minimum atomic E-state index is -0.802. The molecule has 6 heteroatoms. The summed E-state index contributed by atoms with van der Waals surface area (Å²) in [4.78, 5) is 28.9. The van der Waals surface area contributed by atoms with Crippen molar-refractivity contribution in [3.63, 3.8) is 0 Å². The number of carbonyl (C=O) groups is 2. The maximum Gasteiger partial charge on any atom is 0.333 e. The highest BCUT2D eigenvalue weighted by Crippen LogP contribution is 2.25. The minimum Gasteiger partial charge on any atom is -0.467 e. The lowest BCUT2D eigenvalue weighted by Crippen LogP contribution is -2.36. The molecule has 0 aliphatic carbocycles. The molecule has 1 aromatic carbocycles. The number of hydrogen-bond acceptors (Lipinski definition) is 5. The summed E-state index contributed by atoms with van der Waals surface area (Å²) in [6, 6.07) is 8.89. The van der Waals surface area contributed by atoms with E-state index in [1.165, 1.54) is 18.9 Å². The Morgan fingerprint density at radius 2 is 1.88 bits per heavy atom. The van der Waals surface area contributed by atoms with Crippen molar-refractivity contribution in [1.82, 2.24) is 10.3 Å². The van der Waals surface area contributed by atoms with Gasteiger partial charge in [0, 0.05) is 11.9 Å². The zero-order valence-corrected chi connectivity index (χ0v) is 16.4. The number of thioether (sulfide) groups is 1. The van der Waals surface area contributed by atoms with E-state index in [2.05, 4.69) is 10.3 Å². The van der Waals surface area contributed by atoms with Gasteiger partial charge in [-0.15, -0.1) is 11.8 Å². The summed E-state index contributed by atoms with van der Waals surface area (Å²) < 4.78 is 4.91. The van der Waals surface area contributed by atoms with Crippen LogP contribution >= 0.6 is 11.8 Å². The molecule has 5 nitrogen and oxygen atoms in total. The van der Waals surface area contributed by atoms with E-state index in [1.807, 2.05) is 51.1 Å². The van der Waals surface area contributed by atoms with Gasteiger partial charge in [0.1, 0.15) is 0 Å². The van der Waals surface area contributed by atoms with Crippen LogP contribution in [0.2, 0.25) is 0 Å². The molecule has 26 heavy (non-hydrogen) atoms. The van der Waals surface area contributed by atoms with Gasteiger partial charge in [-0.2, -0.15) is 0 Å². The standard InChI is InChI=1S/C20H24N2O3S/c1-13-9-14(2)18(15(3)10-13)19(20(24)25-4)22-17(23)12-26-11-16-7-5-6-8-21-16/h5-10,19H,11-12H2,1-4H3,(H,22,23)/t19-/m1/s1. The maximum atomic E-state index is 12.4. The summed E-state index contributed by atoms with van der Waals surface area (Å²) >= 11 is 1.46. The number of carbonyl (C=O) groups excluding carboxylic acids is 2.